The molecule has 0 aromatic heterocycles. The number of rotatable bonds is 1. The molecule has 0 fully saturated rings. The second-order valence-corrected chi connectivity index (χ2v) is 4.32. The average molecular weight is 225 g/mol. The zero-order valence-electron chi connectivity index (χ0n) is 9.89. The smallest absolute Gasteiger partial charge is 0.142 e. The highest BCUT2D eigenvalue weighted by Crippen LogP contribution is 2.34. The minimum absolute atomic E-state index is 0.772. The van der Waals surface area contributed by atoms with Gasteiger partial charge in [0.2, 0.25) is 0 Å². The Balaban J connectivity index is 2.06. The van der Waals surface area contributed by atoms with Crippen LogP contribution in [0.5, 0.6) is 5.75 Å². The standard InChI is InChI=1S/C15H15NO/c1-16-9-10-17-15-8-7-13(11-14(15)16)12-5-3-2-4-6-12/h2-8,11H,9-10H2,1H3. The first-order valence-corrected chi connectivity index (χ1v) is 5.88. The molecule has 0 aliphatic carbocycles. The molecule has 0 amide bonds. The number of hydrogen-bond donors (Lipinski definition) is 0. The number of ether oxygens (including phenoxy) is 1. The van der Waals surface area contributed by atoms with Crippen LogP contribution in [0.1, 0.15) is 0 Å². The predicted molar refractivity (Wildman–Crippen MR) is 70.6 cm³/mol. The molecule has 0 atom stereocenters. The number of fused-ring (bicyclic) bond motifs is 1. The third kappa shape index (κ3) is 1.86. The van der Waals surface area contributed by atoms with E-state index in [1.807, 2.05) is 6.07 Å². The van der Waals surface area contributed by atoms with E-state index in [0.717, 1.165) is 18.9 Å². The lowest BCUT2D eigenvalue weighted by molar-refractivity contribution is 0.311. The van der Waals surface area contributed by atoms with Gasteiger partial charge in [0.15, 0.2) is 0 Å². The van der Waals surface area contributed by atoms with Crippen molar-refractivity contribution < 1.29 is 4.74 Å². The molecule has 3 rings (SSSR count). The molecule has 2 heteroatoms. The molecule has 1 heterocycles. The van der Waals surface area contributed by atoms with Gasteiger partial charge < -0.3 is 9.64 Å². The van der Waals surface area contributed by atoms with Crippen LogP contribution >= 0.6 is 0 Å². The summed E-state index contributed by atoms with van der Waals surface area (Å²) in [4.78, 5) is 2.24. The largest absolute Gasteiger partial charge is 0.490 e. The molecule has 0 radical (unpaired) electrons. The number of anilines is 1. The number of hydrogen-bond acceptors (Lipinski definition) is 2. The van der Waals surface area contributed by atoms with Crippen molar-refractivity contribution in [3.8, 4) is 16.9 Å². The maximum absolute atomic E-state index is 5.64. The van der Waals surface area contributed by atoms with Crippen molar-refractivity contribution in [2.45, 2.75) is 0 Å². The molecular formula is C15H15NO. The Bertz CT molecular complexity index is 522. The summed E-state index contributed by atoms with van der Waals surface area (Å²) in [7, 11) is 2.11. The van der Waals surface area contributed by atoms with Crippen LogP contribution in [0.2, 0.25) is 0 Å². The fourth-order valence-electron chi connectivity index (χ4n) is 2.16. The SMILES string of the molecule is CN1CCOc2ccc(-c3ccccc3)cc21. The fraction of sp³-hybridized carbons (Fsp3) is 0.200. The third-order valence-electron chi connectivity index (χ3n) is 3.16. The van der Waals surface area contributed by atoms with Gasteiger partial charge in [-0.25, -0.2) is 0 Å². The van der Waals surface area contributed by atoms with Gasteiger partial charge in [-0.3, -0.25) is 0 Å². The van der Waals surface area contributed by atoms with Gasteiger partial charge in [-0.05, 0) is 23.3 Å². The van der Waals surface area contributed by atoms with Crippen LogP contribution < -0.4 is 9.64 Å². The second-order valence-electron chi connectivity index (χ2n) is 4.32. The molecule has 0 saturated heterocycles. The van der Waals surface area contributed by atoms with Crippen LogP contribution in [0.3, 0.4) is 0 Å². The van der Waals surface area contributed by atoms with Crippen LogP contribution in [0.15, 0.2) is 48.5 Å². The second kappa shape index (κ2) is 4.13. The van der Waals surface area contributed by atoms with Gasteiger partial charge in [-0.15, -0.1) is 0 Å². The summed E-state index contributed by atoms with van der Waals surface area (Å²) < 4.78 is 5.64. The van der Waals surface area contributed by atoms with E-state index in [0.29, 0.717) is 0 Å². The van der Waals surface area contributed by atoms with E-state index in [1.165, 1.54) is 16.8 Å². The molecule has 1 aliphatic rings. The van der Waals surface area contributed by atoms with Crippen molar-refractivity contribution in [1.82, 2.24) is 0 Å². The summed E-state index contributed by atoms with van der Waals surface area (Å²) in [5.74, 6) is 0.985. The van der Waals surface area contributed by atoms with Crippen molar-refractivity contribution in [3.05, 3.63) is 48.5 Å². The van der Waals surface area contributed by atoms with Crippen LogP contribution in [0.4, 0.5) is 5.69 Å². The first-order valence-electron chi connectivity index (χ1n) is 5.88. The average Bonchev–Trinajstić information content (AvgIpc) is 2.40. The zero-order chi connectivity index (χ0) is 11.7. The minimum Gasteiger partial charge on any atom is -0.490 e. The Hall–Kier alpha value is -1.96. The van der Waals surface area contributed by atoms with E-state index >= 15 is 0 Å². The van der Waals surface area contributed by atoms with E-state index < -0.39 is 0 Å². The topological polar surface area (TPSA) is 12.5 Å². The van der Waals surface area contributed by atoms with Gasteiger partial charge in [0, 0.05) is 7.05 Å². The van der Waals surface area contributed by atoms with Gasteiger partial charge in [0.05, 0.1) is 12.2 Å². The van der Waals surface area contributed by atoms with Gasteiger partial charge in [-0.1, -0.05) is 36.4 Å². The zero-order valence-corrected chi connectivity index (χ0v) is 9.89. The van der Waals surface area contributed by atoms with Crippen molar-refractivity contribution in [2.24, 2.45) is 0 Å². The summed E-state index contributed by atoms with van der Waals surface area (Å²) in [5.41, 5.74) is 3.66. The van der Waals surface area contributed by atoms with Gasteiger partial charge in [0.25, 0.3) is 0 Å². The first-order chi connectivity index (χ1) is 8.34. The first kappa shape index (κ1) is 10.2. The van der Waals surface area contributed by atoms with Crippen LogP contribution in [0.25, 0.3) is 11.1 Å². The van der Waals surface area contributed by atoms with E-state index in [9.17, 15) is 0 Å². The molecule has 17 heavy (non-hydrogen) atoms. The van der Waals surface area contributed by atoms with E-state index in [-0.39, 0.29) is 0 Å². The molecule has 2 aromatic carbocycles. The van der Waals surface area contributed by atoms with Gasteiger partial charge in [0.1, 0.15) is 12.4 Å². The van der Waals surface area contributed by atoms with E-state index in [2.05, 4.69) is 54.4 Å². The van der Waals surface area contributed by atoms with Gasteiger partial charge in [-0.2, -0.15) is 0 Å². The molecule has 0 bridgehead atoms. The molecule has 2 aromatic rings. The molecule has 0 N–H and O–H groups in total. The lowest BCUT2D eigenvalue weighted by Gasteiger charge is -2.28. The third-order valence-corrected chi connectivity index (χ3v) is 3.16. The number of nitrogens with zero attached hydrogens (tertiary/aromatic N) is 1. The summed E-state index contributed by atoms with van der Waals surface area (Å²) in [6.45, 7) is 1.72. The summed E-state index contributed by atoms with van der Waals surface area (Å²) in [6, 6.07) is 16.8. The van der Waals surface area contributed by atoms with Crippen LogP contribution in [-0.4, -0.2) is 20.2 Å². The van der Waals surface area contributed by atoms with Crippen molar-refractivity contribution >= 4 is 5.69 Å². The lowest BCUT2D eigenvalue weighted by atomic mass is 10.0. The van der Waals surface area contributed by atoms with Crippen LogP contribution in [0, 0.1) is 0 Å². The Morgan fingerprint density at radius 3 is 2.65 bits per heavy atom. The predicted octanol–water partition coefficient (Wildman–Crippen LogP) is 3.18. The highest BCUT2D eigenvalue weighted by Gasteiger charge is 2.15. The molecular weight excluding hydrogens is 210 g/mol. The minimum atomic E-state index is 0.772. The van der Waals surface area contributed by atoms with Crippen molar-refractivity contribution in [3.63, 3.8) is 0 Å². The molecule has 1 aliphatic heterocycles. The van der Waals surface area contributed by atoms with E-state index in [4.69, 9.17) is 4.74 Å². The Kier molecular flexibility index (Phi) is 2.48. The van der Waals surface area contributed by atoms with Crippen molar-refractivity contribution in [1.29, 1.82) is 0 Å². The summed E-state index contributed by atoms with van der Waals surface area (Å²) in [5, 5.41) is 0. The Labute approximate surface area is 101 Å². The molecule has 2 nitrogen and oxygen atoms in total. The van der Waals surface area contributed by atoms with E-state index in [1.54, 1.807) is 0 Å². The molecule has 86 valence electrons. The van der Waals surface area contributed by atoms with Crippen molar-refractivity contribution in [2.75, 3.05) is 25.1 Å². The highest BCUT2D eigenvalue weighted by atomic mass is 16.5. The van der Waals surface area contributed by atoms with Crippen LogP contribution in [-0.2, 0) is 0 Å². The summed E-state index contributed by atoms with van der Waals surface area (Å²) >= 11 is 0. The maximum Gasteiger partial charge on any atom is 0.142 e. The molecule has 0 spiro atoms. The number of benzene rings is 2. The monoisotopic (exact) mass is 225 g/mol. The fourth-order valence-corrected chi connectivity index (χ4v) is 2.16. The molecule has 0 unspecified atom stereocenters. The normalized spacial score (nSPS) is 14.1. The summed E-state index contributed by atoms with van der Waals surface area (Å²) in [6.07, 6.45) is 0. The number of likely N-dealkylation sites (N-methyl/N-ethyl adjacent to an activating group) is 1. The lowest BCUT2D eigenvalue weighted by Crippen LogP contribution is -2.28. The van der Waals surface area contributed by atoms with Gasteiger partial charge >= 0.3 is 0 Å². The highest BCUT2D eigenvalue weighted by molar-refractivity contribution is 5.72. The molecule has 0 saturated carbocycles. The Morgan fingerprint density at radius 1 is 1.00 bits per heavy atom. The Morgan fingerprint density at radius 2 is 1.82 bits per heavy atom. The quantitative estimate of drug-likeness (QED) is 0.739. The maximum atomic E-state index is 5.64.